The average Bonchev–Trinajstić information content (AvgIpc) is 3.45. The van der Waals surface area contributed by atoms with Crippen LogP contribution in [0.2, 0.25) is 0 Å². The molecule has 3 heterocycles. The monoisotopic (exact) mass is 418 g/mol. The maximum absolute atomic E-state index is 12.7. The van der Waals surface area contributed by atoms with E-state index in [0.29, 0.717) is 22.9 Å². The molecule has 2 aromatic carbocycles. The Bertz CT molecular complexity index is 1230. The molecule has 1 amide bonds. The lowest BCUT2D eigenvalue weighted by Crippen LogP contribution is -2.29. The topological polar surface area (TPSA) is 78.3 Å². The number of para-hydroxylation sites is 1. The molecule has 8 heteroatoms. The smallest absolute Gasteiger partial charge is 0.275 e. The number of nitrogens with one attached hydrogen (secondary N) is 1. The van der Waals surface area contributed by atoms with Crippen LogP contribution < -0.4 is 14.8 Å². The minimum Gasteiger partial charge on any atom is -0.449 e. The van der Waals surface area contributed by atoms with E-state index in [1.165, 1.54) is 11.3 Å². The third kappa shape index (κ3) is 3.53. The largest absolute Gasteiger partial charge is 0.449 e. The SMILES string of the molecule is CC1(C)Oc2ccc(NC(=O)c3csc(-c4cnn(-c5ccccc5)c4)n3)cc2O1. The van der Waals surface area contributed by atoms with E-state index >= 15 is 0 Å². The molecule has 2 aromatic heterocycles. The van der Waals surface area contributed by atoms with Gasteiger partial charge in [-0.05, 0) is 24.3 Å². The third-order valence-electron chi connectivity index (χ3n) is 4.50. The highest BCUT2D eigenvalue weighted by atomic mass is 32.1. The number of hydrogen-bond acceptors (Lipinski definition) is 6. The summed E-state index contributed by atoms with van der Waals surface area (Å²) in [6.45, 7) is 3.67. The van der Waals surface area contributed by atoms with Crippen molar-refractivity contribution < 1.29 is 14.3 Å². The number of aromatic nitrogens is 3. The van der Waals surface area contributed by atoms with E-state index in [-0.39, 0.29) is 5.91 Å². The van der Waals surface area contributed by atoms with Crippen LogP contribution in [0.4, 0.5) is 5.69 Å². The highest BCUT2D eigenvalue weighted by molar-refractivity contribution is 7.13. The summed E-state index contributed by atoms with van der Waals surface area (Å²) in [5.74, 6) is 0.263. The van der Waals surface area contributed by atoms with Crippen LogP contribution in [0.5, 0.6) is 11.5 Å². The molecule has 30 heavy (non-hydrogen) atoms. The predicted molar refractivity (Wildman–Crippen MR) is 114 cm³/mol. The van der Waals surface area contributed by atoms with E-state index < -0.39 is 5.79 Å². The predicted octanol–water partition coefficient (Wildman–Crippen LogP) is 4.76. The zero-order valence-electron chi connectivity index (χ0n) is 16.3. The van der Waals surface area contributed by atoms with Crippen molar-refractivity contribution in [1.82, 2.24) is 14.8 Å². The van der Waals surface area contributed by atoms with Crippen molar-refractivity contribution >= 4 is 22.9 Å². The van der Waals surface area contributed by atoms with Gasteiger partial charge in [-0.1, -0.05) is 18.2 Å². The van der Waals surface area contributed by atoms with E-state index in [2.05, 4.69) is 15.4 Å². The molecule has 4 aromatic rings. The lowest BCUT2D eigenvalue weighted by Gasteiger charge is -2.16. The Morgan fingerprint density at radius 2 is 1.90 bits per heavy atom. The summed E-state index contributed by atoms with van der Waals surface area (Å²) < 4.78 is 13.2. The highest BCUT2D eigenvalue weighted by Crippen LogP contribution is 2.40. The number of ether oxygens (including phenoxy) is 2. The van der Waals surface area contributed by atoms with E-state index in [9.17, 15) is 4.79 Å². The van der Waals surface area contributed by atoms with Crippen molar-refractivity contribution in [2.24, 2.45) is 0 Å². The Labute approximate surface area is 176 Å². The normalized spacial score (nSPS) is 13.9. The number of fused-ring (bicyclic) bond motifs is 1. The number of amides is 1. The van der Waals surface area contributed by atoms with Gasteiger partial charge in [-0.2, -0.15) is 5.10 Å². The van der Waals surface area contributed by atoms with Crippen molar-refractivity contribution in [3.63, 3.8) is 0 Å². The number of nitrogens with zero attached hydrogens (tertiary/aromatic N) is 3. The first-order valence-electron chi connectivity index (χ1n) is 9.36. The third-order valence-corrected chi connectivity index (χ3v) is 5.39. The van der Waals surface area contributed by atoms with Gasteiger partial charge < -0.3 is 14.8 Å². The molecule has 0 aliphatic carbocycles. The molecule has 0 radical (unpaired) electrons. The Balaban J connectivity index is 1.32. The molecule has 0 spiro atoms. The first-order valence-corrected chi connectivity index (χ1v) is 10.2. The zero-order valence-corrected chi connectivity index (χ0v) is 17.1. The van der Waals surface area contributed by atoms with Crippen LogP contribution in [0, 0.1) is 0 Å². The van der Waals surface area contributed by atoms with E-state index in [4.69, 9.17) is 9.47 Å². The Kier molecular flexibility index (Phi) is 4.29. The number of thiazole rings is 1. The van der Waals surface area contributed by atoms with Crippen LogP contribution in [0.15, 0.2) is 66.3 Å². The Morgan fingerprint density at radius 1 is 1.10 bits per heavy atom. The number of carbonyl (C=O) groups is 1. The van der Waals surface area contributed by atoms with Crippen molar-refractivity contribution in [3.8, 4) is 27.8 Å². The van der Waals surface area contributed by atoms with Gasteiger partial charge in [0.1, 0.15) is 10.7 Å². The first-order chi connectivity index (χ1) is 14.5. The van der Waals surface area contributed by atoms with Crippen LogP contribution in [-0.4, -0.2) is 26.5 Å². The maximum Gasteiger partial charge on any atom is 0.275 e. The highest BCUT2D eigenvalue weighted by Gasteiger charge is 2.31. The molecule has 0 unspecified atom stereocenters. The van der Waals surface area contributed by atoms with Gasteiger partial charge in [0.05, 0.1) is 11.9 Å². The number of benzene rings is 2. The fraction of sp³-hybridized carbons (Fsp3) is 0.136. The number of rotatable bonds is 4. The molecule has 1 N–H and O–H groups in total. The lowest BCUT2D eigenvalue weighted by atomic mass is 10.2. The second kappa shape index (κ2) is 7.00. The van der Waals surface area contributed by atoms with Crippen molar-refractivity contribution in [3.05, 3.63) is 72.0 Å². The lowest BCUT2D eigenvalue weighted by molar-refractivity contribution is -0.0431. The van der Waals surface area contributed by atoms with Gasteiger partial charge in [0.2, 0.25) is 5.79 Å². The summed E-state index contributed by atoms with van der Waals surface area (Å²) >= 11 is 1.40. The van der Waals surface area contributed by atoms with Crippen LogP contribution in [0.25, 0.3) is 16.3 Å². The standard InChI is InChI=1S/C22H18N4O3S/c1-22(2)28-18-9-8-15(10-19(18)29-22)24-20(27)17-13-30-21(25-17)14-11-23-26(12-14)16-6-4-3-5-7-16/h3-13H,1-2H3,(H,24,27). The molecule has 0 atom stereocenters. The molecule has 0 saturated carbocycles. The molecule has 0 saturated heterocycles. The summed E-state index contributed by atoms with van der Waals surface area (Å²) in [5, 5.41) is 9.71. The molecule has 7 nitrogen and oxygen atoms in total. The summed E-state index contributed by atoms with van der Waals surface area (Å²) in [4.78, 5) is 17.1. The van der Waals surface area contributed by atoms with Crippen molar-refractivity contribution in [2.75, 3.05) is 5.32 Å². The van der Waals surface area contributed by atoms with Crippen molar-refractivity contribution in [2.45, 2.75) is 19.6 Å². The summed E-state index contributed by atoms with van der Waals surface area (Å²) in [6.07, 6.45) is 3.64. The van der Waals surface area contributed by atoms with Gasteiger partial charge in [-0.3, -0.25) is 4.79 Å². The quantitative estimate of drug-likeness (QED) is 0.517. The zero-order chi connectivity index (χ0) is 20.7. The van der Waals surface area contributed by atoms with Crippen LogP contribution in [0.3, 0.4) is 0 Å². The Hall–Kier alpha value is -3.65. The molecular formula is C22H18N4O3S. The van der Waals surface area contributed by atoms with Gasteiger partial charge >= 0.3 is 0 Å². The van der Waals surface area contributed by atoms with Crippen LogP contribution in [-0.2, 0) is 0 Å². The van der Waals surface area contributed by atoms with Gasteiger partial charge in [-0.15, -0.1) is 11.3 Å². The van der Waals surface area contributed by atoms with Gasteiger partial charge in [0, 0.05) is 42.7 Å². The molecule has 1 aliphatic heterocycles. The summed E-state index contributed by atoms with van der Waals surface area (Å²) in [6, 6.07) is 15.1. The summed E-state index contributed by atoms with van der Waals surface area (Å²) in [5.41, 5.74) is 2.78. The maximum atomic E-state index is 12.7. The second-order valence-electron chi connectivity index (χ2n) is 7.27. The minimum absolute atomic E-state index is 0.286. The molecule has 5 rings (SSSR count). The van der Waals surface area contributed by atoms with Gasteiger partial charge in [0.25, 0.3) is 5.91 Å². The fourth-order valence-electron chi connectivity index (χ4n) is 3.16. The van der Waals surface area contributed by atoms with E-state index in [0.717, 1.165) is 16.3 Å². The fourth-order valence-corrected chi connectivity index (χ4v) is 3.94. The van der Waals surface area contributed by atoms with E-state index in [1.54, 1.807) is 34.5 Å². The number of carbonyl (C=O) groups excluding carboxylic acids is 1. The number of hydrogen-bond donors (Lipinski definition) is 1. The molecule has 0 bridgehead atoms. The Morgan fingerprint density at radius 3 is 2.73 bits per heavy atom. The summed E-state index contributed by atoms with van der Waals surface area (Å²) in [7, 11) is 0. The van der Waals surface area contributed by atoms with E-state index in [1.807, 2.05) is 50.4 Å². The first kappa shape index (κ1) is 18.4. The van der Waals surface area contributed by atoms with Gasteiger partial charge in [-0.25, -0.2) is 9.67 Å². The van der Waals surface area contributed by atoms with Crippen molar-refractivity contribution in [1.29, 1.82) is 0 Å². The number of anilines is 1. The molecule has 1 aliphatic rings. The molecule has 150 valence electrons. The van der Waals surface area contributed by atoms with Crippen LogP contribution >= 0.6 is 11.3 Å². The minimum atomic E-state index is -0.709. The molecule has 0 fully saturated rings. The molecular weight excluding hydrogens is 400 g/mol. The van der Waals surface area contributed by atoms with Crippen LogP contribution in [0.1, 0.15) is 24.3 Å². The van der Waals surface area contributed by atoms with Gasteiger partial charge in [0.15, 0.2) is 11.5 Å². The second-order valence-corrected chi connectivity index (χ2v) is 8.12. The average molecular weight is 418 g/mol.